The number of benzene rings is 1. The molecule has 0 heterocycles. The van der Waals surface area contributed by atoms with Gasteiger partial charge in [-0.25, -0.2) is 0 Å². The summed E-state index contributed by atoms with van der Waals surface area (Å²) in [5.41, 5.74) is 2.74. The zero-order chi connectivity index (χ0) is 19.8. The summed E-state index contributed by atoms with van der Waals surface area (Å²) < 4.78 is 6.36. The Kier molecular flexibility index (Phi) is 8.52. The quantitative estimate of drug-likeness (QED) is 0.396. The third-order valence-corrected chi connectivity index (χ3v) is 11.0. The third-order valence-electron chi connectivity index (χ3n) is 5.12. The van der Waals surface area contributed by atoms with Crippen molar-refractivity contribution in [2.45, 2.75) is 84.9 Å². The predicted octanol–water partition coefficient (Wildman–Crippen LogP) is 6.80. The van der Waals surface area contributed by atoms with Crippen LogP contribution in [-0.2, 0) is 10.8 Å². The molecule has 0 aliphatic carbocycles. The summed E-state index contributed by atoms with van der Waals surface area (Å²) in [7, 11) is -1.92. The van der Waals surface area contributed by atoms with Gasteiger partial charge in [-0.2, -0.15) is 0 Å². The highest BCUT2D eigenvalue weighted by Crippen LogP contribution is 2.42. The van der Waals surface area contributed by atoms with Crippen molar-refractivity contribution in [3.63, 3.8) is 0 Å². The van der Waals surface area contributed by atoms with Gasteiger partial charge in [-0.15, -0.1) is 5.92 Å². The van der Waals surface area contributed by atoms with E-state index in [4.69, 9.17) is 4.43 Å². The topological polar surface area (TPSA) is 9.23 Å². The molecule has 142 valence electrons. The lowest BCUT2D eigenvalue weighted by molar-refractivity contribution is 0.438. The van der Waals surface area contributed by atoms with Gasteiger partial charge in [0.2, 0.25) is 0 Å². The summed E-state index contributed by atoms with van der Waals surface area (Å²) in [5, 5.41) is 0. The van der Waals surface area contributed by atoms with Gasteiger partial charge in [0.25, 0.3) is 8.32 Å². The van der Waals surface area contributed by atoms with Crippen LogP contribution in [0.15, 0.2) is 30.3 Å². The molecule has 0 saturated carbocycles. The van der Waals surface area contributed by atoms with Crippen molar-refractivity contribution in [2.24, 2.45) is 5.41 Å². The number of hydrogen-bond acceptors (Lipinski definition) is 1. The second-order valence-electron chi connectivity index (χ2n) is 8.72. The highest BCUT2D eigenvalue weighted by Gasteiger charge is 2.46. The first kappa shape index (κ1) is 22.4. The van der Waals surface area contributed by atoms with Crippen molar-refractivity contribution < 1.29 is 4.43 Å². The maximum atomic E-state index is 6.36. The van der Waals surface area contributed by atoms with Crippen LogP contribution >= 0.6 is 0 Å². The Balaban J connectivity index is 2.75. The summed E-state index contributed by atoms with van der Waals surface area (Å²) >= 11 is 0. The second-order valence-corrected chi connectivity index (χ2v) is 14.1. The SMILES string of the molecule is CC(C)[Si](OC#CC(C)(C)CC#CCc1ccccc1)(C(C)C)C(C)C. The molecule has 0 unspecified atom stereocenters. The van der Waals surface area contributed by atoms with Crippen LogP contribution in [0.5, 0.6) is 0 Å². The molecule has 0 fully saturated rings. The molecule has 1 aromatic rings. The van der Waals surface area contributed by atoms with E-state index in [9.17, 15) is 0 Å². The van der Waals surface area contributed by atoms with Gasteiger partial charge in [0.05, 0.1) is 6.11 Å². The predicted molar refractivity (Wildman–Crippen MR) is 116 cm³/mol. The van der Waals surface area contributed by atoms with E-state index >= 15 is 0 Å². The molecule has 0 spiro atoms. The molecule has 0 saturated heterocycles. The molecule has 0 atom stereocenters. The number of rotatable bonds is 6. The first-order chi connectivity index (χ1) is 12.1. The van der Waals surface area contributed by atoms with E-state index in [1.165, 1.54) is 5.56 Å². The van der Waals surface area contributed by atoms with E-state index in [-0.39, 0.29) is 5.41 Å². The van der Waals surface area contributed by atoms with Crippen LogP contribution in [0.1, 0.15) is 67.4 Å². The van der Waals surface area contributed by atoms with Crippen LogP contribution in [0.4, 0.5) is 0 Å². The molecule has 1 aromatic carbocycles. The van der Waals surface area contributed by atoms with Gasteiger partial charge in [0.1, 0.15) is 0 Å². The fourth-order valence-electron chi connectivity index (χ4n) is 3.69. The minimum Gasteiger partial charge on any atom is -0.500 e. The van der Waals surface area contributed by atoms with Crippen LogP contribution in [0, 0.1) is 29.3 Å². The maximum absolute atomic E-state index is 6.36. The van der Waals surface area contributed by atoms with E-state index in [0.29, 0.717) is 16.6 Å². The summed E-state index contributed by atoms with van der Waals surface area (Å²) in [4.78, 5) is 0. The van der Waals surface area contributed by atoms with Crippen molar-refractivity contribution >= 4 is 8.32 Å². The Labute approximate surface area is 163 Å². The average molecular weight is 369 g/mol. The molecule has 0 aliphatic rings. The van der Waals surface area contributed by atoms with Gasteiger partial charge in [0.15, 0.2) is 0 Å². The van der Waals surface area contributed by atoms with Gasteiger partial charge in [-0.05, 0) is 36.0 Å². The molecule has 0 radical (unpaired) electrons. The normalized spacial score (nSPS) is 11.8. The van der Waals surface area contributed by atoms with Crippen LogP contribution in [-0.4, -0.2) is 8.32 Å². The minimum atomic E-state index is -1.92. The van der Waals surface area contributed by atoms with Crippen molar-refractivity contribution in [2.75, 3.05) is 0 Å². The van der Waals surface area contributed by atoms with E-state index in [1.807, 2.05) is 6.07 Å². The molecule has 0 bridgehead atoms. The Bertz CT molecular complexity index is 641. The largest absolute Gasteiger partial charge is 0.500 e. The maximum Gasteiger partial charge on any atom is 0.272 e. The van der Waals surface area contributed by atoms with Crippen molar-refractivity contribution in [3.8, 4) is 23.9 Å². The van der Waals surface area contributed by atoms with E-state index in [0.717, 1.165) is 12.8 Å². The molecular weight excluding hydrogens is 332 g/mol. The van der Waals surface area contributed by atoms with E-state index < -0.39 is 8.32 Å². The van der Waals surface area contributed by atoms with E-state index in [1.54, 1.807) is 0 Å². The Morgan fingerprint density at radius 1 is 0.885 bits per heavy atom. The van der Waals surface area contributed by atoms with Crippen LogP contribution in [0.3, 0.4) is 0 Å². The highest BCUT2D eigenvalue weighted by molar-refractivity contribution is 6.77. The van der Waals surface area contributed by atoms with Crippen LogP contribution < -0.4 is 0 Å². The molecule has 2 heteroatoms. The average Bonchev–Trinajstić information content (AvgIpc) is 2.55. The van der Waals surface area contributed by atoms with Gasteiger partial charge in [-0.3, -0.25) is 0 Å². The van der Waals surface area contributed by atoms with Gasteiger partial charge in [-0.1, -0.05) is 83.7 Å². The lowest BCUT2D eigenvalue weighted by Crippen LogP contribution is -2.46. The molecule has 0 N–H and O–H groups in total. The summed E-state index contributed by atoms with van der Waals surface area (Å²) in [5.74, 6) is 9.90. The molecule has 1 rings (SSSR count). The van der Waals surface area contributed by atoms with Gasteiger partial charge in [0, 0.05) is 18.3 Å². The Hall–Kier alpha value is -1.64. The van der Waals surface area contributed by atoms with Crippen molar-refractivity contribution in [3.05, 3.63) is 35.9 Å². The standard InChI is InChI=1S/C24H36OSi/c1-20(2)26(21(3)4,22(5)6)25-19-18-24(7,8)17-13-12-16-23-14-10-9-11-15-23/h9-11,14-15,20-22H,16-17H2,1-8H3. The van der Waals surface area contributed by atoms with Gasteiger partial charge >= 0.3 is 0 Å². The highest BCUT2D eigenvalue weighted by atomic mass is 28.4. The van der Waals surface area contributed by atoms with E-state index in [2.05, 4.69) is 104 Å². The molecule has 26 heavy (non-hydrogen) atoms. The number of hydrogen-bond donors (Lipinski definition) is 0. The van der Waals surface area contributed by atoms with Crippen LogP contribution in [0.2, 0.25) is 16.6 Å². The molecule has 1 nitrogen and oxygen atoms in total. The monoisotopic (exact) mass is 368 g/mol. The molecule has 0 aliphatic heterocycles. The fourth-order valence-corrected chi connectivity index (χ4v) is 8.63. The second kappa shape index (κ2) is 9.89. The summed E-state index contributed by atoms with van der Waals surface area (Å²) in [6.45, 7) is 18.0. The zero-order valence-corrected chi connectivity index (χ0v) is 18.9. The van der Waals surface area contributed by atoms with Gasteiger partial charge < -0.3 is 4.43 Å². The summed E-state index contributed by atoms with van der Waals surface area (Å²) in [6.07, 6.45) is 4.67. The smallest absolute Gasteiger partial charge is 0.272 e. The first-order valence-corrected chi connectivity index (χ1v) is 12.0. The molecular formula is C24H36OSi. The third kappa shape index (κ3) is 6.26. The van der Waals surface area contributed by atoms with Crippen molar-refractivity contribution in [1.29, 1.82) is 0 Å². The van der Waals surface area contributed by atoms with Crippen molar-refractivity contribution in [1.82, 2.24) is 0 Å². The summed E-state index contributed by atoms with van der Waals surface area (Å²) in [6, 6.07) is 10.4. The van der Waals surface area contributed by atoms with Crippen LogP contribution in [0.25, 0.3) is 0 Å². The molecule has 0 aromatic heterocycles. The zero-order valence-electron chi connectivity index (χ0n) is 17.9. The minimum absolute atomic E-state index is 0.158. The lowest BCUT2D eigenvalue weighted by atomic mass is 9.91. The molecule has 0 amide bonds. The first-order valence-electron chi connectivity index (χ1n) is 9.81. The lowest BCUT2D eigenvalue weighted by Gasteiger charge is -2.39. The Morgan fingerprint density at radius 2 is 1.42 bits per heavy atom. The fraction of sp³-hybridized carbons (Fsp3) is 0.583. The Morgan fingerprint density at radius 3 is 1.92 bits per heavy atom.